The SMILES string of the molecule is O=S(=O)(NCc1cc(Br)cs1)c1cc(CO)cs1. The average molecular weight is 368 g/mol. The van der Waals surface area contributed by atoms with E-state index in [9.17, 15) is 8.42 Å². The van der Waals surface area contributed by atoms with Crippen LogP contribution in [-0.4, -0.2) is 13.5 Å². The summed E-state index contributed by atoms with van der Waals surface area (Å²) in [6, 6.07) is 3.36. The van der Waals surface area contributed by atoms with E-state index in [0.717, 1.165) is 20.7 Å². The van der Waals surface area contributed by atoms with E-state index in [1.54, 1.807) is 5.38 Å². The summed E-state index contributed by atoms with van der Waals surface area (Å²) in [6.45, 7) is 0.120. The van der Waals surface area contributed by atoms with Crippen molar-refractivity contribution in [3.8, 4) is 0 Å². The maximum absolute atomic E-state index is 12.0. The number of sulfonamides is 1. The van der Waals surface area contributed by atoms with Gasteiger partial charge < -0.3 is 5.11 Å². The predicted octanol–water partition coefficient (Wildman–Crippen LogP) is 2.54. The van der Waals surface area contributed by atoms with Crippen LogP contribution in [0, 0.1) is 0 Å². The van der Waals surface area contributed by atoms with Gasteiger partial charge in [-0.2, -0.15) is 0 Å². The van der Waals surface area contributed by atoms with Crippen molar-refractivity contribution in [1.82, 2.24) is 4.72 Å². The van der Waals surface area contributed by atoms with E-state index < -0.39 is 10.0 Å². The van der Waals surface area contributed by atoms with Crippen molar-refractivity contribution in [1.29, 1.82) is 0 Å². The lowest BCUT2D eigenvalue weighted by molar-refractivity contribution is 0.282. The van der Waals surface area contributed by atoms with Crippen molar-refractivity contribution in [3.05, 3.63) is 37.8 Å². The minimum Gasteiger partial charge on any atom is -0.392 e. The van der Waals surface area contributed by atoms with Crippen molar-refractivity contribution in [3.63, 3.8) is 0 Å². The molecule has 0 aliphatic rings. The highest BCUT2D eigenvalue weighted by atomic mass is 79.9. The van der Waals surface area contributed by atoms with E-state index in [-0.39, 0.29) is 17.4 Å². The molecule has 2 heterocycles. The quantitative estimate of drug-likeness (QED) is 0.853. The molecule has 0 saturated carbocycles. The summed E-state index contributed by atoms with van der Waals surface area (Å²) in [7, 11) is -3.49. The second-order valence-corrected chi connectivity index (χ2v) is 8.30. The van der Waals surface area contributed by atoms with Crippen molar-refractivity contribution in [2.45, 2.75) is 17.4 Å². The molecule has 0 bridgehead atoms. The van der Waals surface area contributed by atoms with Gasteiger partial charge in [-0.15, -0.1) is 22.7 Å². The van der Waals surface area contributed by atoms with Gasteiger partial charge >= 0.3 is 0 Å². The fourth-order valence-corrected chi connectivity index (χ4v) is 4.99. The van der Waals surface area contributed by atoms with Crippen molar-refractivity contribution >= 4 is 48.6 Å². The Kier molecular flexibility index (Phi) is 4.57. The molecule has 2 N–H and O–H groups in total. The van der Waals surface area contributed by atoms with Gasteiger partial charge in [-0.05, 0) is 39.0 Å². The van der Waals surface area contributed by atoms with E-state index in [1.165, 1.54) is 17.4 Å². The van der Waals surface area contributed by atoms with E-state index >= 15 is 0 Å². The molecule has 2 rings (SSSR count). The van der Waals surface area contributed by atoms with Crippen LogP contribution in [0.1, 0.15) is 10.4 Å². The Morgan fingerprint density at radius 1 is 1.28 bits per heavy atom. The molecule has 0 aliphatic heterocycles. The maximum atomic E-state index is 12.0. The maximum Gasteiger partial charge on any atom is 0.250 e. The largest absolute Gasteiger partial charge is 0.392 e. The molecule has 0 spiro atoms. The molecule has 0 fully saturated rings. The number of rotatable bonds is 5. The topological polar surface area (TPSA) is 66.4 Å². The molecule has 0 aromatic carbocycles. The molecule has 2 aromatic rings. The third kappa shape index (κ3) is 3.40. The first-order valence-electron chi connectivity index (χ1n) is 4.92. The fraction of sp³-hybridized carbons (Fsp3) is 0.200. The van der Waals surface area contributed by atoms with Gasteiger partial charge in [-0.25, -0.2) is 13.1 Å². The number of aliphatic hydroxyl groups is 1. The van der Waals surface area contributed by atoms with Crippen molar-refractivity contribution < 1.29 is 13.5 Å². The number of thiophene rings is 2. The van der Waals surface area contributed by atoms with Gasteiger partial charge in [-0.3, -0.25) is 0 Å². The third-order valence-electron chi connectivity index (χ3n) is 2.14. The minimum atomic E-state index is -3.49. The molecule has 0 aliphatic carbocycles. The molecular weight excluding hydrogens is 358 g/mol. The Bertz CT molecular complexity index is 632. The predicted molar refractivity (Wildman–Crippen MR) is 76.3 cm³/mol. The third-order valence-corrected chi connectivity index (χ3v) is 6.72. The zero-order chi connectivity index (χ0) is 13.2. The minimum absolute atomic E-state index is 0.149. The summed E-state index contributed by atoms with van der Waals surface area (Å²) < 4.78 is 27.6. The number of hydrogen-bond donors (Lipinski definition) is 2. The number of hydrogen-bond acceptors (Lipinski definition) is 5. The molecular formula is C10H10BrNO3S3. The van der Waals surface area contributed by atoms with E-state index in [4.69, 9.17) is 5.11 Å². The van der Waals surface area contributed by atoms with E-state index in [2.05, 4.69) is 20.7 Å². The van der Waals surface area contributed by atoms with Crippen molar-refractivity contribution in [2.24, 2.45) is 0 Å². The molecule has 8 heteroatoms. The summed E-state index contributed by atoms with van der Waals surface area (Å²) in [5.74, 6) is 0. The van der Waals surface area contributed by atoms with E-state index in [0.29, 0.717) is 5.56 Å². The van der Waals surface area contributed by atoms with Gasteiger partial charge in [0.15, 0.2) is 0 Å². The smallest absolute Gasteiger partial charge is 0.250 e. The highest BCUT2D eigenvalue weighted by molar-refractivity contribution is 9.10. The Labute approximate surface area is 121 Å². The second kappa shape index (κ2) is 5.81. The monoisotopic (exact) mass is 367 g/mol. The van der Waals surface area contributed by atoms with Crippen molar-refractivity contribution in [2.75, 3.05) is 0 Å². The van der Waals surface area contributed by atoms with E-state index in [1.807, 2.05) is 11.4 Å². The lowest BCUT2D eigenvalue weighted by atomic mass is 10.4. The van der Waals surface area contributed by atoms with Crippen LogP contribution in [0.2, 0.25) is 0 Å². The highest BCUT2D eigenvalue weighted by Gasteiger charge is 2.16. The van der Waals surface area contributed by atoms with Gasteiger partial charge in [0.2, 0.25) is 10.0 Å². The van der Waals surface area contributed by atoms with Gasteiger partial charge in [0, 0.05) is 21.3 Å². The van der Waals surface area contributed by atoms with Gasteiger partial charge in [0.1, 0.15) is 4.21 Å². The lowest BCUT2D eigenvalue weighted by Crippen LogP contribution is -2.21. The standard InChI is InChI=1S/C10H10BrNO3S3/c11-8-2-9(16-6-8)3-12-18(14,15)10-1-7(4-13)5-17-10/h1-2,5-6,12-13H,3-4H2. The van der Waals surface area contributed by atoms with Crippen LogP contribution in [-0.2, 0) is 23.2 Å². The first-order valence-corrected chi connectivity index (χ1v) is 8.95. The molecule has 18 heavy (non-hydrogen) atoms. The molecule has 0 saturated heterocycles. The number of nitrogens with one attached hydrogen (secondary N) is 1. The van der Waals surface area contributed by atoms with Crippen LogP contribution in [0.25, 0.3) is 0 Å². The second-order valence-electron chi connectivity index (χ2n) is 3.49. The van der Waals surface area contributed by atoms with Crippen LogP contribution in [0.4, 0.5) is 0 Å². The average Bonchev–Trinajstić information content (AvgIpc) is 2.95. The Morgan fingerprint density at radius 3 is 2.61 bits per heavy atom. The molecule has 98 valence electrons. The summed E-state index contributed by atoms with van der Waals surface area (Å²) in [6.07, 6.45) is 0. The molecule has 4 nitrogen and oxygen atoms in total. The van der Waals surface area contributed by atoms with Gasteiger partial charge in [0.05, 0.1) is 6.61 Å². The Morgan fingerprint density at radius 2 is 2.06 bits per heavy atom. The van der Waals surface area contributed by atoms with Gasteiger partial charge in [0.25, 0.3) is 0 Å². The Hall–Kier alpha value is -0.250. The first kappa shape index (κ1) is 14.2. The molecule has 0 atom stereocenters. The normalized spacial score (nSPS) is 11.9. The summed E-state index contributed by atoms with van der Waals surface area (Å²) in [4.78, 5) is 0.935. The lowest BCUT2D eigenvalue weighted by Gasteiger charge is -2.02. The Balaban J connectivity index is 2.07. The van der Waals surface area contributed by atoms with Crippen LogP contribution in [0.5, 0.6) is 0 Å². The van der Waals surface area contributed by atoms with Gasteiger partial charge in [-0.1, -0.05) is 0 Å². The zero-order valence-corrected chi connectivity index (χ0v) is 13.1. The summed E-state index contributed by atoms with van der Waals surface area (Å²) in [5.41, 5.74) is 0.610. The summed E-state index contributed by atoms with van der Waals surface area (Å²) >= 11 is 5.91. The fourth-order valence-electron chi connectivity index (χ4n) is 1.26. The van der Waals surface area contributed by atoms with Crippen LogP contribution in [0.15, 0.2) is 31.6 Å². The molecule has 0 unspecified atom stereocenters. The van der Waals surface area contributed by atoms with Crippen LogP contribution < -0.4 is 4.72 Å². The molecule has 0 amide bonds. The first-order chi connectivity index (χ1) is 8.51. The zero-order valence-electron chi connectivity index (χ0n) is 9.09. The van der Waals surface area contributed by atoms with Crippen LogP contribution >= 0.6 is 38.6 Å². The summed E-state index contributed by atoms with van der Waals surface area (Å²) in [5, 5.41) is 12.5. The molecule has 0 radical (unpaired) electrons. The number of aliphatic hydroxyl groups excluding tert-OH is 1. The number of halogens is 1. The molecule has 2 aromatic heterocycles. The van der Waals surface area contributed by atoms with Crippen LogP contribution in [0.3, 0.4) is 0 Å². The highest BCUT2D eigenvalue weighted by Crippen LogP contribution is 2.22.